The number of nitrogens with one attached hydrogen (secondary N) is 1. The molecular formula is C12H19NO2. The van der Waals surface area contributed by atoms with E-state index >= 15 is 0 Å². The van der Waals surface area contributed by atoms with Crippen molar-refractivity contribution in [3.05, 3.63) is 24.2 Å². The summed E-state index contributed by atoms with van der Waals surface area (Å²) in [6, 6.07) is 1.67. The average molecular weight is 209 g/mol. The molecule has 1 N–H and O–H groups in total. The number of hydrogen-bond acceptors (Lipinski definition) is 2. The Bertz CT molecular complexity index is 296. The first-order valence-electron chi connectivity index (χ1n) is 5.29. The number of hydrogen-bond donors (Lipinski definition) is 1. The summed E-state index contributed by atoms with van der Waals surface area (Å²) in [5, 5.41) is 2.86. The average Bonchev–Trinajstić information content (AvgIpc) is 2.63. The summed E-state index contributed by atoms with van der Waals surface area (Å²) < 4.78 is 4.84. The maximum Gasteiger partial charge on any atom is 0.254 e. The molecule has 0 fully saturated rings. The van der Waals surface area contributed by atoms with Gasteiger partial charge in [0.05, 0.1) is 11.8 Å². The van der Waals surface area contributed by atoms with Crippen molar-refractivity contribution in [3.8, 4) is 0 Å². The zero-order valence-corrected chi connectivity index (χ0v) is 9.67. The summed E-state index contributed by atoms with van der Waals surface area (Å²) in [7, 11) is 0. The van der Waals surface area contributed by atoms with E-state index in [2.05, 4.69) is 26.1 Å². The Morgan fingerprint density at radius 1 is 1.47 bits per heavy atom. The lowest BCUT2D eigenvalue weighted by Gasteiger charge is -2.17. The molecule has 0 saturated heterocycles. The van der Waals surface area contributed by atoms with E-state index in [0.717, 1.165) is 19.4 Å². The molecule has 0 aliphatic heterocycles. The second-order valence-electron chi connectivity index (χ2n) is 4.93. The first-order chi connectivity index (χ1) is 6.99. The molecule has 3 heteroatoms. The van der Waals surface area contributed by atoms with Gasteiger partial charge < -0.3 is 9.73 Å². The van der Waals surface area contributed by atoms with E-state index in [-0.39, 0.29) is 5.91 Å². The molecule has 1 heterocycles. The molecule has 0 spiro atoms. The Balaban J connectivity index is 2.19. The maximum atomic E-state index is 11.5. The van der Waals surface area contributed by atoms with Crippen LogP contribution in [0.5, 0.6) is 0 Å². The van der Waals surface area contributed by atoms with E-state index in [1.807, 2.05) is 0 Å². The van der Waals surface area contributed by atoms with Crippen LogP contribution in [-0.2, 0) is 0 Å². The SMILES string of the molecule is CC(C)(C)CCCNC(=O)c1ccoc1. The summed E-state index contributed by atoms with van der Waals surface area (Å²) in [6.45, 7) is 7.32. The molecule has 15 heavy (non-hydrogen) atoms. The van der Waals surface area contributed by atoms with Gasteiger partial charge in [-0.05, 0) is 24.3 Å². The molecule has 0 saturated carbocycles. The molecule has 0 radical (unpaired) electrons. The zero-order valence-electron chi connectivity index (χ0n) is 9.67. The third kappa shape index (κ3) is 4.68. The van der Waals surface area contributed by atoms with Crippen LogP contribution in [-0.4, -0.2) is 12.5 Å². The van der Waals surface area contributed by atoms with Gasteiger partial charge in [-0.1, -0.05) is 20.8 Å². The summed E-state index contributed by atoms with van der Waals surface area (Å²) in [5.41, 5.74) is 0.922. The van der Waals surface area contributed by atoms with Gasteiger partial charge in [0.2, 0.25) is 0 Å². The van der Waals surface area contributed by atoms with Crippen molar-refractivity contribution in [2.24, 2.45) is 5.41 Å². The maximum absolute atomic E-state index is 11.5. The predicted molar refractivity (Wildman–Crippen MR) is 59.7 cm³/mol. The quantitative estimate of drug-likeness (QED) is 0.775. The largest absolute Gasteiger partial charge is 0.472 e. The summed E-state index contributed by atoms with van der Waals surface area (Å²) in [5.74, 6) is -0.0577. The number of carbonyl (C=O) groups is 1. The molecule has 84 valence electrons. The molecule has 1 rings (SSSR count). The fourth-order valence-corrected chi connectivity index (χ4v) is 1.32. The Labute approximate surface area is 90.9 Å². The van der Waals surface area contributed by atoms with Gasteiger partial charge in [0, 0.05) is 6.54 Å². The molecule has 0 aliphatic rings. The second-order valence-corrected chi connectivity index (χ2v) is 4.93. The van der Waals surface area contributed by atoms with E-state index in [1.165, 1.54) is 12.5 Å². The van der Waals surface area contributed by atoms with Gasteiger partial charge in [0.1, 0.15) is 6.26 Å². The molecule has 0 aliphatic carbocycles. The normalized spacial score (nSPS) is 11.4. The van der Waals surface area contributed by atoms with Crippen LogP contribution in [0.15, 0.2) is 23.0 Å². The van der Waals surface area contributed by atoms with E-state index in [4.69, 9.17) is 4.42 Å². The molecule has 3 nitrogen and oxygen atoms in total. The molecule has 1 aromatic rings. The smallest absolute Gasteiger partial charge is 0.254 e. The topological polar surface area (TPSA) is 42.2 Å². The first-order valence-corrected chi connectivity index (χ1v) is 5.29. The third-order valence-electron chi connectivity index (χ3n) is 2.17. The van der Waals surface area contributed by atoms with Gasteiger partial charge in [0.25, 0.3) is 5.91 Å². The van der Waals surface area contributed by atoms with Crippen LogP contribution in [0.25, 0.3) is 0 Å². The van der Waals surface area contributed by atoms with Gasteiger partial charge in [0.15, 0.2) is 0 Å². The standard InChI is InChI=1S/C12H19NO2/c1-12(2,3)6-4-7-13-11(14)10-5-8-15-9-10/h5,8-9H,4,6-7H2,1-3H3,(H,13,14). The van der Waals surface area contributed by atoms with Crippen molar-refractivity contribution < 1.29 is 9.21 Å². The number of carbonyl (C=O) groups excluding carboxylic acids is 1. The van der Waals surface area contributed by atoms with Crippen LogP contribution in [0.1, 0.15) is 44.0 Å². The molecule has 0 atom stereocenters. The van der Waals surface area contributed by atoms with Crippen molar-refractivity contribution in [1.29, 1.82) is 0 Å². The number of amides is 1. The molecular weight excluding hydrogens is 190 g/mol. The Hall–Kier alpha value is -1.25. The van der Waals surface area contributed by atoms with Gasteiger partial charge in [-0.2, -0.15) is 0 Å². The van der Waals surface area contributed by atoms with Crippen molar-refractivity contribution in [2.45, 2.75) is 33.6 Å². The molecule has 0 bridgehead atoms. The minimum Gasteiger partial charge on any atom is -0.472 e. The lowest BCUT2D eigenvalue weighted by atomic mass is 9.91. The third-order valence-corrected chi connectivity index (χ3v) is 2.17. The number of rotatable bonds is 4. The van der Waals surface area contributed by atoms with Crippen LogP contribution in [0.2, 0.25) is 0 Å². The molecule has 0 unspecified atom stereocenters. The highest BCUT2D eigenvalue weighted by molar-refractivity contribution is 5.93. The second kappa shape index (κ2) is 5.01. The Morgan fingerprint density at radius 3 is 2.73 bits per heavy atom. The van der Waals surface area contributed by atoms with E-state index in [0.29, 0.717) is 11.0 Å². The Kier molecular flexibility index (Phi) is 3.95. The van der Waals surface area contributed by atoms with Crippen LogP contribution in [0, 0.1) is 5.41 Å². The van der Waals surface area contributed by atoms with Crippen LogP contribution in [0.3, 0.4) is 0 Å². The lowest BCUT2D eigenvalue weighted by molar-refractivity contribution is 0.0951. The van der Waals surface area contributed by atoms with Crippen molar-refractivity contribution >= 4 is 5.91 Å². The predicted octanol–water partition coefficient (Wildman–Crippen LogP) is 2.84. The highest BCUT2D eigenvalue weighted by Crippen LogP contribution is 2.19. The highest BCUT2D eigenvalue weighted by Gasteiger charge is 2.10. The summed E-state index contributed by atoms with van der Waals surface area (Å²) in [4.78, 5) is 11.5. The van der Waals surface area contributed by atoms with E-state index in [9.17, 15) is 4.79 Å². The zero-order chi connectivity index (χ0) is 11.3. The van der Waals surface area contributed by atoms with Gasteiger partial charge in [-0.15, -0.1) is 0 Å². The fourth-order valence-electron chi connectivity index (χ4n) is 1.32. The Morgan fingerprint density at radius 2 is 2.20 bits per heavy atom. The summed E-state index contributed by atoms with van der Waals surface area (Å²) in [6.07, 6.45) is 5.08. The lowest BCUT2D eigenvalue weighted by Crippen LogP contribution is -2.24. The van der Waals surface area contributed by atoms with Crippen LogP contribution < -0.4 is 5.32 Å². The van der Waals surface area contributed by atoms with Gasteiger partial charge in [-0.3, -0.25) is 4.79 Å². The van der Waals surface area contributed by atoms with Crippen molar-refractivity contribution in [3.63, 3.8) is 0 Å². The fraction of sp³-hybridized carbons (Fsp3) is 0.583. The molecule has 1 aromatic heterocycles. The summed E-state index contributed by atoms with van der Waals surface area (Å²) >= 11 is 0. The monoisotopic (exact) mass is 209 g/mol. The minimum atomic E-state index is -0.0577. The van der Waals surface area contributed by atoms with Crippen LogP contribution in [0.4, 0.5) is 0 Å². The van der Waals surface area contributed by atoms with Gasteiger partial charge in [-0.25, -0.2) is 0 Å². The highest BCUT2D eigenvalue weighted by atomic mass is 16.3. The van der Waals surface area contributed by atoms with E-state index < -0.39 is 0 Å². The van der Waals surface area contributed by atoms with Gasteiger partial charge >= 0.3 is 0 Å². The van der Waals surface area contributed by atoms with Crippen molar-refractivity contribution in [1.82, 2.24) is 5.32 Å². The van der Waals surface area contributed by atoms with Crippen molar-refractivity contribution in [2.75, 3.05) is 6.54 Å². The minimum absolute atomic E-state index is 0.0577. The molecule has 0 aromatic carbocycles. The molecule has 1 amide bonds. The first kappa shape index (κ1) is 11.8. The van der Waals surface area contributed by atoms with Crippen LogP contribution >= 0.6 is 0 Å². The van der Waals surface area contributed by atoms with E-state index in [1.54, 1.807) is 6.07 Å². The number of furan rings is 1.